The lowest BCUT2D eigenvalue weighted by molar-refractivity contribution is -0.137. The largest absolute Gasteiger partial charge is 0.465 e. The van der Waals surface area contributed by atoms with Crippen LogP contribution in [0.25, 0.3) is 0 Å². The summed E-state index contributed by atoms with van der Waals surface area (Å²) in [6, 6.07) is 15.6. The second kappa shape index (κ2) is 9.20. The Morgan fingerprint density at radius 2 is 1.49 bits per heavy atom. The predicted molar refractivity (Wildman–Crippen MR) is 127 cm³/mol. The van der Waals surface area contributed by atoms with Crippen LogP contribution in [0.1, 0.15) is 27.5 Å². The third kappa shape index (κ3) is 4.32. The predicted octanol–water partition coefficient (Wildman–Crippen LogP) is 5.20. The molecule has 3 atom stereocenters. The van der Waals surface area contributed by atoms with E-state index in [1.165, 1.54) is 48.6 Å². The summed E-state index contributed by atoms with van der Waals surface area (Å²) in [6.07, 6.45) is -5.74. The molecule has 2 amide bonds. The highest BCUT2D eigenvalue weighted by Gasteiger charge is 2.60. The maximum atomic E-state index is 13.6. The van der Waals surface area contributed by atoms with Gasteiger partial charge in [0.25, 0.3) is 5.91 Å². The van der Waals surface area contributed by atoms with Crippen LogP contribution in [0.5, 0.6) is 0 Å². The van der Waals surface area contributed by atoms with Gasteiger partial charge in [-0.2, -0.15) is 13.2 Å². The van der Waals surface area contributed by atoms with Gasteiger partial charge in [-0.05, 0) is 66.2 Å². The number of hydrogen-bond donors (Lipinski definition) is 0. The Morgan fingerprint density at radius 3 is 2.05 bits per heavy atom. The first kappa shape index (κ1) is 24.8. The number of anilines is 2. The average molecular weight is 531 g/mol. The van der Waals surface area contributed by atoms with Crippen molar-refractivity contribution in [3.8, 4) is 0 Å². The van der Waals surface area contributed by atoms with Crippen LogP contribution in [0, 0.1) is 5.92 Å². The number of alkyl halides is 3. The molecule has 3 aromatic carbocycles. The van der Waals surface area contributed by atoms with E-state index in [4.69, 9.17) is 16.4 Å². The second-order valence-corrected chi connectivity index (χ2v) is 8.91. The van der Waals surface area contributed by atoms with Gasteiger partial charge in [0, 0.05) is 5.02 Å². The van der Waals surface area contributed by atoms with Gasteiger partial charge in [-0.3, -0.25) is 14.4 Å². The van der Waals surface area contributed by atoms with E-state index in [1.807, 2.05) is 0 Å². The highest BCUT2D eigenvalue weighted by Crippen LogP contribution is 2.48. The monoisotopic (exact) mass is 530 g/mol. The fourth-order valence-electron chi connectivity index (χ4n) is 4.55. The van der Waals surface area contributed by atoms with Crippen LogP contribution in [0.15, 0.2) is 72.8 Å². The summed E-state index contributed by atoms with van der Waals surface area (Å²) in [6.45, 7) is 0. The fraction of sp³-hybridized carbons (Fsp3) is 0.192. The third-order valence-electron chi connectivity index (χ3n) is 6.32. The maximum Gasteiger partial charge on any atom is 0.416 e. The Bertz CT molecular complexity index is 1360. The van der Waals surface area contributed by atoms with Crippen LogP contribution in [0.3, 0.4) is 0 Å². The van der Waals surface area contributed by atoms with Crippen LogP contribution in [-0.4, -0.2) is 31.0 Å². The summed E-state index contributed by atoms with van der Waals surface area (Å²) in [5.41, 5.74) is 0.451. The quantitative estimate of drug-likeness (QED) is 0.341. The summed E-state index contributed by atoms with van der Waals surface area (Å²) in [5, 5.41) is 1.81. The number of carbonyl (C=O) groups is 3. The molecule has 0 saturated carbocycles. The molecule has 11 heteroatoms. The Morgan fingerprint density at radius 1 is 0.892 bits per heavy atom. The lowest BCUT2D eigenvalue weighted by atomic mass is 9.90. The zero-order chi connectivity index (χ0) is 26.5. The molecule has 0 aromatic heterocycles. The minimum absolute atomic E-state index is 0.227. The molecule has 2 aliphatic heterocycles. The molecule has 0 spiro atoms. The number of benzene rings is 3. The molecule has 0 aliphatic carbocycles. The first-order valence-corrected chi connectivity index (χ1v) is 11.4. The van der Waals surface area contributed by atoms with E-state index < -0.39 is 47.6 Å². The molecule has 3 aromatic rings. The van der Waals surface area contributed by atoms with Gasteiger partial charge in [0.2, 0.25) is 5.91 Å². The van der Waals surface area contributed by atoms with Crippen molar-refractivity contribution in [2.75, 3.05) is 17.1 Å². The number of hydroxylamine groups is 1. The molecule has 37 heavy (non-hydrogen) atoms. The number of esters is 1. The van der Waals surface area contributed by atoms with Crippen LogP contribution in [0.4, 0.5) is 24.5 Å². The van der Waals surface area contributed by atoms with E-state index >= 15 is 0 Å². The van der Waals surface area contributed by atoms with Crippen molar-refractivity contribution in [3.63, 3.8) is 0 Å². The molecule has 2 heterocycles. The van der Waals surface area contributed by atoms with E-state index in [0.717, 1.165) is 17.0 Å². The van der Waals surface area contributed by atoms with Gasteiger partial charge in [0.05, 0.1) is 35.7 Å². The smallest absolute Gasteiger partial charge is 0.416 e. The Balaban J connectivity index is 1.53. The molecule has 2 saturated heterocycles. The molecule has 7 nitrogen and oxygen atoms in total. The van der Waals surface area contributed by atoms with Crippen LogP contribution < -0.4 is 9.96 Å². The third-order valence-corrected chi connectivity index (χ3v) is 6.57. The zero-order valence-electron chi connectivity index (χ0n) is 19.1. The number of ether oxygens (including phenoxy) is 1. The minimum Gasteiger partial charge on any atom is -0.465 e. The van der Waals surface area contributed by atoms with E-state index in [9.17, 15) is 27.6 Å². The summed E-state index contributed by atoms with van der Waals surface area (Å²) in [4.78, 5) is 45.7. The van der Waals surface area contributed by atoms with E-state index in [1.54, 1.807) is 24.3 Å². The van der Waals surface area contributed by atoms with Crippen LogP contribution in [-0.2, 0) is 25.3 Å². The summed E-state index contributed by atoms with van der Waals surface area (Å²) >= 11 is 5.99. The maximum absolute atomic E-state index is 13.6. The lowest BCUT2D eigenvalue weighted by Gasteiger charge is -2.29. The molecule has 2 aliphatic rings. The van der Waals surface area contributed by atoms with Crippen LogP contribution >= 0.6 is 11.6 Å². The number of halogens is 4. The first-order valence-electron chi connectivity index (χ1n) is 11.0. The standard InChI is InChI=1S/C26H18ClF3N2O5/c1-36-25(35)15-4-10-18(11-5-15)31-23(33)20-21(14-2-6-16(7-3-14)26(28,29)30)32(37-22(20)24(31)34)19-12-8-17(27)9-13-19/h2-13,20-22H,1H3. The molecule has 3 unspecified atom stereocenters. The number of imide groups is 1. The minimum atomic E-state index is -4.53. The average Bonchev–Trinajstić information content (AvgIpc) is 3.39. The Labute approximate surface area is 213 Å². The van der Waals surface area contributed by atoms with Crippen molar-refractivity contribution in [1.29, 1.82) is 0 Å². The number of amides is 2. The van der Waals surface area contributed by atoms with E-state index in [-0.39, 0.29) is 11.3 Å². The highest BCUT2D eigenvalue weighted by molar-refractivity contribution is 6.30. The summed E-state index contributed by atoms with van der Waals surface area (Å²) < 4.78 is 44.2. The Kier molecular flexibility index (Phi) is 6.17. The number of fused-ring (bicyclic) bond motifs is 1. The molecule has 0 N–H and O–H groups in total. The molecule has 0 radical (unpaired) electrons. The molecular formula is C26H18ClF3N2O5. The van der Waals surface area contributed by atoms with E-state index in [2.05, 4.69) is 4.74 Å². The number of nitrogens with zero attached hydrogens (tertiary/aromatic N) is 2. The lowest BCUT2D eigenvalue weighted by Crippen LogP contribution is -2.37. The van der Waals surface area contributed by atoms with Crippen molar-refractivity contribution in [2.45, 2.75) is 18.3 Å². The highest BCUT2D eigenvalue weighted by atomic mass is 35.5. The van der Waals surface area contributed by atoms with Crippen LogP contribution in [0.2, 0.25) is 5.02 Å². The first-order chi connectivity index (χ1) is 17.6. The molecule has 0 bridgehead atoms. The number of rotatable bonds is 4. The molecule has 190 valence electrons. The van der Waals surface area contributed by atoms with Gasteiger partial charge in [0.15, 0.2) is 6.10 Å². The topological polar surface area (TPSA) is 76.2 Å². The van der Waals surface area contributed by atoms with Gasteiger partial charge in [-0.15, -0.1) is 0 Å². The Hall–Kier alpha value is -3.89. The van der Waals surface area contributed by atoms with Crippen molar-refractivity contribution in [3.05, 3.63) is 94.5 Å². The van der Waals surface area contributed by atoms with Gasteiger partial charge in [0.1, 0.15) is 5.92 Å². The number of carbonyl (C=O) groups excluding carboxylic acids is 3. The van der Waals surface area contributed by atoms with Gasteiger partial charge in [-0.25, -0.2) is 14.8 Å². The molecule has 2 fully saturated rings. The van der Waals surface area contributed by atoms with Crippen molar-refractivity contribution in [1.82, 2.24) is 0 Å². The molecular weight excluding hydrogens is 513 g/mol. The van der Waals surface area contributed by atoms with Gasteiger partial charge < -0.3 is 4.74 Å². The van der Waals surface area contributed by atoms with E-state index in [0.29, 0.717) is 16.3 Å². The zero-order valence-corrected chi connectivity index (χ0v) is 19.9. The summed E-state index contributed by atoms with van der Waals surface area (Å²) in [7, 11) is 1.23. The van der Waals surface area contributed by atoms with Crippen molar-refractivity contribution >= 4 is 40.8 Å². The van der Waals surface area contributed by atoms with Gasteiger partial charge in [-0.1, -0.05) is 23.7 Å². The normalized spacial score (nSPS) is 21.4. The second-order valence-electron chi connectivity index (χ2n) is 8.47. The number of hydrogen-bond acceptors (Lipinski definition) is 6. The fourth-order valence-corrected chi connectivity index (χ4v) is 4.68. The van der Waals surface area contributed by atoms with Gasteiger partial charge >= 0.3 is 12.1 Å². The SMILES string of the molecule is COC(=O)c1ccc(N2C(=O)C3ON(c4ccc(Cl)cc4)C(c4ccc(C(F)(F)F)cc4)C3C2=O)cc1. The van der Waals surface area contributed by atoms with Crippen molar-refractivity contribution < 1.29 is 37.1 Å². The summed E-state index contributed by atoms with van der Waals surface area (Å²) in [5.74, 6) is -2.83. The van der Waals surface area contributed by atoms with Crippen molar-refractivity contribution in [2.24, 2.45) is 5.92 Å². The molecule has 5 rings (SSSR count). The number of methoxy groups -OCH3 is 1.